The fourth-order valence-corrected chi connectivity index (χ4v) is 3.08. The van der Waals surface area contributed by atoms with E-state index in [9.17, 15) is 9.59 Å². The van der Waals surface area contributed by atoms with Crippen LogP contribution in [0.3, 0.4) is 0 Å². The summed E-state index contributed by atoms with van der Waals surface area (Å²) in [7, 11) is 1.58. The Morgan fingerprint density at radius 3 is 2.44 bits per heavy atom. The van der Waals surface area contributed by atoms with Crippen LogP contribution in [0.4, 0.5) is 0 Å². The topological polar surface area (TPSA) is 89.0 Å². The number of ether oxygens (including phenoxy) is 2. The van der Waals surface area contributed by atoms with Gasteiger partial charge in [-0.25, -0.2) is 5.43 Å². The van der Waals surface area contributed by atoms with Crippen LogP contribution in [0.15, 0.2) is 82.4 Å². The molecular formula is C24H22BrN3O4. The van der Waals surface area contributed by atoms with Crippen LogP contribution in [0.25, 0.3) is 0 Å². The Kier molecular flexibility index (Phi) is 8.39. The molecule has 0 saturated heterocycles. The average molecular weight is 496 g/mol. The molecule has 0 aliphatic carbocycles. The molecule has 2 amide bonds. The van der Waals surface area contributed by atoms with Crippen LogP contribution in [0.5, 0.6) is 11.5 Å². The van der Waals surface area contributed by atoms with Crippen molar-refractivity contribution in [2.75, 3.05) is 7.11 Å². The third-order valence-electron chi connectivity index (χ3n) is 4.40. The SMILES string of the molecule is COc1ccc(CNC(=O)C(=O)N/N=C\c2cc(Br)ccc2OCc2ccccc2)cc1. The Hall–Kier alpha value is -3.65. The number of carbonyl (C=O) groups is 2. The van der Waals surface area contributed by atoms with E-state index in [0.29, 0.717) is 23.7 Å². The van der Waals surface area contributed by atoms with E-state index in [1.165, 1.54) is 6.21 Å². The number of halogens is 1. The maximum Gasteiger partial charge on any atom is 0.329 e. The van der Waals surface area contributed by atoms with Crippen molar-refractivity contribution in [1.29, 1.82) is 0 Å². The first-order valence-electron chi connectivity index (χ1n) is 9.75. The highest BCUT2D eigenvalue weighted by Gasteiger charge is 2.12. The van der Waals surface area contributed by atoms with Crippen LogP contribution in [0.1, 0.15) is 16.7 Å². The van der Waals surface area contributed by atoms with Gasteiger partial charge in [0.05, 0.1) is 13.3 Å². The van der Waals surface area contributed by atoms with Gasteiger partial charge in [0.2, 0.25) is 0 Å². The predicted molar refractivity (Wildman–Crippen MR) is 125 cm³/mol. The fraction of sp³-hybridized carbons (Fsp3) is 0.125. The molecule has 0 saturated carbocycles. The lowest BCUT2D eigenvalue weighted by Gasteiger charge is -2.09. The van der Waals surface area contributed by atoms with E-state index in [-0.39, 0.29) is 6.54 Å². The van der Waals surface area contributed by atoms with E-state index >= 15 is 0 Å². The average Bonchev–Trinajstić information content (AvgIpc) is 2.83. The van der Waals surface area contributed by atoms with Crippen molar-refractivity contribution < 1.29 is 19.1 Å². The highest BCUT2D eigenvalue weighted by atomic mass is 79.9. The van der Waals surface area contributed by atoms with Gasteiger partial charge in [0.25, 0.3) is 0 Å². The molecule has 164 valence electrons. The van der Waals surface area contributed by atoms with Crippen LogP contribution >= 0.6 is 15.9 Å². The van der Waals surface area contributed by atoms with Crippen LogP contribution in [0.2, 0.25) is 0 Å². The minimum absolute atomic E-state index is 0.211. The van der Waals surface area contributed by atoms with Crippen molar-refractivity contribution in [1.82, 2.24) is 10.7 Å². The number of benzene rings is 3. The van der Waals surface area contributed by atoms with E-state index < -0.39 is 11.8 Å². The Morgan fingerprint density at radius 2 is 1.72 bits per heavy atom. The fourth-order valence-electron chi connectivity index (χ4n) is 2.70. The van der Waals surface area contributed by atoms with Gasteiger partial charge in [-0.1, -0.05) is 58.4 Å². The number of hydrogen-bond donors (Lipinski definition) is 2. The van der Waals surface area contributed by atoms with Crippen LogP contribution in [-0.2, 0) is 22.7 Å². The summed E-state index contributed by atoms with van der Waals surface area (Å²) < 4.78 is 11.8. The zero-order chi connectivity index (χ0) is 22.8. The van der Waals surface area contributed by atoms with Crippen molar-refractivity contribution in [2.24, 2.45) is 5.10 Å². The van der Waals surface area contributed by atoms with Crippen LogP contribution in [-0.4, -0.2) is 25.1 Å². The zero-order valence-electron chi connectivity index (χ0n) is 17.4. The summed E-state index contributed by atoms with van der Waals surface area (Å²) in [5.41, 5.74) is 4.75. The number of nitrogens with one attached hydrogen (secondary N) is 2. The molecular weight excluding hydrogens is 474 g/mol. The van der Waals surface area contributed by atoms with Gasteiger partial charge in [-0.3, -0.25) is 9.59 Å². The molecule has 32 heavy (non-hydrogen) atoms. The molecule has 0 bridgehead atoms. The minimum Gasteiger partial charge on any atom is -0.497 e. The zero-order valence-corrected chi connectivity index (χ0v) is 19.0. The Balaban J connectivity index is 1.54. The number of methoxy groups -OCH3 is 1. The minimum atomic E-state index is -0.864. The number of nitrogens with zero attached hydrogens (tertiary/aromatic N) is 1. The maximum atomic E-state index is 12.0. The molecule has 0 aliphatic rings. The molecule has 8 heteroatoms. The highest BCUT2D eigenvalue weighted by molar-refractivity contribution is 9.10. The molecule has 0 fully saturated rings. The second kappa shape index (κ2) is 11.7. The first kappa shape index (κ1) is 23.0. The normalized spacial score (nSPS) is 10.6. The Bertz CT molecular complexity index is 1090. The van der Waals surface area contributed by atoms with Gasteiger partial charge < -0.3 is 14.8 Å². The van der Waals surface area contributed by atoms with Gasteiger partial charge in [0.15, 0.2) is 0 Å². The molecule has 3 aromatic rings. The third-order valence-corrected chi connectivity index (χ3v) is 4.89. The van der Waals surface area contributed by atoms with Crippen LogP contribution < -0.4 is 20.2 Å². The number of rotatable bonds is 8. The summed E-state index contributed by atoms with van der Waals surface area (Å²) in [6.07, 6.45) is 1.43. The molecule has 0 aliphatic heterocycles. The predicted octanol–water partition coefficient (Wildman–Crippen LogP) is 3.80. The first-order valence-corrected chi connectivity index (χ1v) is 10.5. The second-order valence-corrected chi connectivity index (χ2v) is 7.60. The maximum absolute atomic E-state index is 12.0. The lowest BCUT2D eigenvalue weighted by Crippen LogP contribution is -2.37. The second-order valence-electron chi connectivity index (χ2n) is 6.69. The molecule has 0 aromatic heterocycles. The number of hydrazone groups is 1. The van der Waals surface area contributed by atoms with Crippen molar-refractivity contribution in [3.8, 4) is 11.5 Å². The van der Waals surface area contributed by atoms with Crippen molar-refractivity contribution in [2.45, 2.75) is 13.2 Å². The number of carbonyl (C=O) groups excluding carboxylic acids is 2. The summed E-state index contributed by atoms with van der Waals surface area (Å²) in [4.78, 5) is 24.0. The van der Waals surface area contributed by atoms with Gasteiger partial charge in [0.1, 0.15) is 18.1 Å². The van der Waals surface area contributed by atoms with Gasteiger partial charge in [-0.05, 0) is 41.5 Å². The monoisotopic (exact) mass is 495 g/mol. The molecule has 0 unspecified atom stereocenters. The molecule has 3 rings (SSSR count). The van der Waals surface area contributed by atoms with Crippen molar-refractivity contribution in [3.63, 3.8) is 0 Å². The molecule has 7 nitrogen and oxygen atoms in total. The van der Waals surface area contributed by atoms with E-state index in [2.05, 4.69) is 31.8 Å². The summed E-state index contributed by atoms with van der Waals surface area (Å²) in [6.45, 7) is 0.604. The third kappa shape index (κ3) is 6.95. The summed E-state index contributed by atoms with van der Waals surface area (Å²) in [6, 6.07) is 22.4. The van der Waals surface area contributed by atoms with Gasteiger partial charge >= 0.3 is 11.8 Å². The quantitative estimate of drug-likeness (QED) is 0.282. The van der Waals surface area contributed by atoms with Crippen molar-refractivity contribution in [3.05, 3.63) is 94.0 Å². The van der Waals surface area contributed by atoms with Crippen LogP contribution in [0, 0.1) is 0 Å². The number of amides is 2. The largest absolute Gasteiger partial charge is 0.497 e. The lowest BCUT2D eigenvalue weighted by atomic mass is 10.2. The molecule has 0 heterocycles. The number of hydrogen-bond acceptors (Lipinski definition) is 5. The standard InChI is InChI=1S/C24H22BrN3O4/c1-31-21-10-7-17(8-11-21)14-26-23(29)24(30)28-27-15-19-13-20(25)9-12-22(19)32-16-18-5-3-2-4-6-18/h2-13,15H,14,16H2,1H3,(H,26,29)(H,28,30)/b27-15-. The summed E-state index contributed by atoms with van der Waals surface area (Å²) in [5.74, 6) is -0.338. The molecule has 3 aromatic carbocycles. The molecule has 0 radical (unpaired) electrons. The molecule has 0 spiro atoms. The smallest absolute Gasteiger partial charge is 0.329 e. The molecule has 2 N–H and O–H groups in total. The molecule has 0 atom stereocenters. The Morgan fingerprint density at radius 1 is 0.969 bits per heavy atom. The summed E-state index contributed by atoms with van der Waals surface area (Å²) >= 11 is 3.41. The van der Waals surface area contributed by atoms with Gasteiger partial charge in [0, 0.05) is 16.6 Å². The Labute approximate surface area is 194 Å². The highest BCUT2D eigenvalue weighted by Crippen LogP contribution is 2.22. The summed E-state index contributed by atoms with van der Waals surface area (Å²) in [5, 5.41) is 6.44. The van der Waals surface area contributed by atoms with E-state index in [4.69, 9.17) is 9.47 Å². The first-order chi connectivity index (χ1) is 15.5. The van der Waals surface area contributed by atoms with E-state index in [0.717, 1.165) is 15.6 Å². The lowest BCUT2D eigenvalue weighted by molar-refractivity contribution is -0.139. The van der Waals surface area contributed by atoms with Gasteiger partial charge in [-0.2, -0.15) is 5.10 Å². The van der Waals surface area contributed by atoms with E-state index in [1.54, 1.807) is 43.5 Å². The van der Waals surface area contributed by atoms with Crippen molar-refractivity contribution >= 4 is 34.0 Å². The van der Waals surface area contributed by atoms with Gasteiger partial charge in [-0.15, -0.1) is 0 Å². The van der Waals surface area contributed by atoms with E-state index in [1.807, 2.05) is 36.4 Å².